The highest BCUT2D eigenvalue weighted by atomic mass is 16.5. The molecule has 0 atom stereocenters. The maximum absolute atomic E-state index is 12.3. The topological polar surface area (TPSA) is 70.7 Å². The molecule has 6 nitrogen and oxygen atoms in total. The molecule has 1 aromatic rings. The van der Waals surface area contributed by atoms with Gasteiger partial charge in [0.15, 0.2) is 0 Å². The van der Waals surface area contributed by atoms with E-state index < -0.39 is 0 Å². The fourth-order valence-electron chi connectivity index (χ4n) is 2.14. The standard InChI is InChI=1S/C16H21N3O3/c1-2-7-17-12-15(20)18-14-5-3-13(4-6-14)16(21)19-8-10-22-11-9-19/h2-6,17H,1,7-12H2,(H,18,20). The summed E-state index contributed by atoms with van der Waals surface area (Å²) in [5, 5.41) is 5.69. The average molecular weight is 303 g/mol. The largest absolute Gasteiger partial charge is 0.378 e. The normalized spacial score (nSPS) is 14.5. The lowest BCUT2D eigenvalue weighted by Crippen LogP contribution is -2.40. The molecule has 1 aliphatic heterocycles. The van der Waals surface area contributed by atoms with E-state index in [9.17, 15) is 9.59 Å². The van der Waals surface area contributed by atoms with Gasteiger partial charge in [0.2, 0.25) is 5.91 Å². The minimum Gasteiger partial charge on any atom is -0.378 e. The minimum absolute atomic E-state index is 0.00572. The van der Waals surface area contributed by atoms with E-state index in [-0.39, 0.29) is 18.4 Å². The summed E-state index contributed by atoms with van der Waals surface area (Å²) < 4.78 is 5.24. The number of benzene rings is 1. The summed E-state index contributed by atoms with van der Waals surface area (Å²) in [6, 6.07) is 6.92. The summed E-state index contributed by atoms with van der Waals surface area (Å²) in [5.74, 6) is -0.136. The Bertz CT molecular complexity index is 522. The van der Waals surface area contributed by atoms with Gasteiger partial charge in [-0.3, -0.25) is 9.59 Å². The number of carbonyl (C=O) groups is 2. The van der Waals surface area contributed by atoms with Crippen LogP contribution in [0.4, 0.5) is 5.69 Å². The van der Waals surface area contributed by atoms with Gasteiger partial charge in [-0.15, -0.1) is 6.58 Å². The van der Waals surface area contributed by atoms with E-state index in [4.69, 9.17) is 4.74 Å². The van der Waals surface area contributed by atoms with Gasteiger partial charge in [-0.05, 0) is 24.3 Å². The van der Waals surface area contributed by atoms with Gasteiger partial charge in [0.1, 0.15) is 0 Å². The Balaban J connectivity index is 1.88. The molecule has 0 aliphatic carbocycles. The highest BCUT2D eigenvalue weighted by Crippen LogP contribution is 2.12. The molecule has 0 unspecified atom stereocenters. The molecule has 0 bridgehead atoms. The van der Waals surface area contributed by atoms with Crippen LogP contribution < -0.4 is 10.6 Å². The highest BCUT2D eigenvalue weighted by molar-refractivity contribution is 5.96. The SMILES string of the molecule is C=CCNCC(=O)Nc1ccc(C(=O)N2CCOCC2)cc1. The van der Waals surface area contributed by atoms with Crippen LogP contribution in [0.25, 0.3) is 0 Å². The van der Waals surface area contributed by atoms with Crippen molar-refractivity contribution in [1.29, 1.82) is 0 Å². The second-order valence-corrected chi connectivity index (χ2v) is 4.95. The van der Waals surface area contributed by atoms with Gasteiger partial charge in [0.05, 0.1) is 19.8 Å². The number of rotatable bonds is 6. The molecule has 2 rings (SSSR count). The molecule has 2 N–H and O–H groups in total. The summed E-state index contributed by atoms with van der Waals surface area (Å²) in [5.41, 5.74) is 1.29. The van der Waals surface area contributed by atoms with E-state index >= 15 is 0 Å². The van der Waals surface area contributed by atoms with Gasteiger partial charge >= 0.3 is 0 Å². The third-order valence-electron chi connectivity index (χ3n) is 3.29. The van der Waals surface area contributed by atoms with Crippen LogP contribution in [-0.2, 0) is 9.53 Å². The van der Waals surface area contributed by atoms with E-state index in [0.29, 0.717) is 44.1 Å². The van der Waals surface area contributed by atoms with E-state index in [1.54, 1.807) is 35.2 Å². The van der Waals surface area contributed by atoms with Gasteiger partial charge < -0.3 is 20.3 Å². The quantitative estimate of drug-likeness (QED) is 0.604. The first-order valence-electron chi connectivity index (χ1n) is 7.29. The molecular formula is C16H21N3O3. The molecule has 0 aromatic heterocycles. The molecule has 2 amide bonds. The molecule has 0 spiro atoms. The lowest BCUT2D eigenvalue weighted by atomic mass is 10.1. The van der Waals surface area contributed by atoms with Crippen LogP contribution in [0.3, 0.4) is 0 Å². The van der Waals surface area contributed by atoms with Crippen LogP contribution in [0.1, 0.15) is 10.4 Å². The number of carbonyl (C=O) groups excluding carboxylic acids is 2. The number of nitrogens with one attached hydrogen (secondary N) is 2. The molecule has 118 valence electrons. The smallest absolute Gasteiger partial charge is 0.254 e. The molecule has 6 heteroatoms. The van der Waals surface area contributed by atoms with Crippen LogP contribution in [0.2, 0.25) is 0 Å². The van der Waals surface area contributed by atoms with Gasteiger partial charge in [-0.2, -0.15) is 0 Å². The van der Waals surface area contributed by atoms with Crippen molar-refractivity contribution in [1.82, 2.24) is 10.2 Å². The number of nitrogens with zero attached hydrogens (tertiary/aromatic N) is 1. The maximum atomic E-state index is 12.3. The summed E-state index contributed by atoms with van der Waals surface area (Å²) >= 11 is 0. The Morgan fingerprint density at radius 2 is 1.91 bits per heavy atom. The minimum atomic E-state index is -0.130. The molecule has 22 heavy (non-hydrogen) atoms. The van der Waals surface area contributed by atoms with Gasteiger partial charge in [0, 0.05) is 30.9 Å². The summed E-state index contributed by atoms with van der Waals surface area (Å²) in [6.45, 7) is 6.77. The molecule has 1 saturated heterocycles. The van der Waals surface area contributed by atoms with Crippen molar-refractivity contribution in [3.63, 3.8) is 0 Å². The van der Waals surface area contributed by atoms with Crippen molar-refractivity contribution in [3.05, 3.63) is 42.5 Å². The molecule has 1 heterocycles. The maximum Gasteiger partial charge on any atom is 0.254 e. The first kappa shape index (κ1) is 16.2. The second kappa shape index (κ2) is 8.31. The molecule has 1 fully saturated rings. The van der Waals surface area contributed by atoms with Crippen LogP contribution in [0, 0.1) is 0 Å². The Morgan fingerprint density at radius 3 is 2.55 bits per heavy atom. The average Bonchev–Trinajstić information content (AvgIpc) is 2.56. The highest BCUT2D eigenvalue weighted by Gasteiger charge is 2.18. The molecular weight excluding hydrogens is 282 g/mol. The van der Waals surface area contributed by atoms with Gasteiger partial charge in [-0.25, -0.2) is 0 Å². The van der Waals surface area contributed by atoms with Crippen LogP contribution in [0.5, 0.6) is 0 Å². The van der Waals surface area contributed by atoms with Crippen molar-refractivity contribution in [2.45, 2.75) is 0 Å². The van der Waals surface area contributed by atoms with Crippen LogP contribution >= 0.6 is 0 Å². The van der Waals surface area contributed by atoms with Crippen molar-refractivity contribution >= 4 is 17.5 Å². The van der Waals surface area contributed by atoms with Crippen molar-refractivity contribution in [2.24, 2.45) is 0 Å². The van der Waals surface area contributed by atoms with Crippen molar-refractivity contribution < 1.29 is 14.3 Å². The first-order valence-corrected chi connectivity index (χ1v) is 7.29. The van der Waals surface area contributed by atoms with Gasteiger partial charge in [-0.1, -0.05) is 6.08 Å². The number of hydrogen-bond donors (Lipinski definition) is 2. The van der Waals surface area contributed by atoms with Gasteiger partial charge in [0.25, 0.3) is 5.91 Å². The number of morpholine rings is 1. The monoisotopic (exact) mass is 303 g/mol. The zero-order valence-electron chi connectivity index (χ0n) is 12.5. The van der Waals surface area contributed by atoms with E-state index in [2.05, 4.69) is 17.2 Å². The van der Waals surface area contributed by atoms with Crippen molar-refractivity contribution in [3.8, 4) is 0 Å². The lowest BCUT2D eigenvalue weighted by molar-refractivity contribution is -0.115. The fourth-order valence-corrected chi connectivity index (χ4v) is 2.14. The number of amides is 2. The fraction of sp³-hybridized carbons (Fsp3) is 0.375. The number of hydrogen-bond acceptors (Lipinski definition) is 4. The Morgan fingerprint density at radius 1 is 1.23 bits per heavy atom. The molecule has 0 radical (unpaired) electrons. The zero-order valence-corrected chi connectivity index (χ0v) is 12.5. The van der Waals surface area contributed by atoms with Crippen molar-refractivity contribution in [2.75, 3.05) is 44.7 Å². The van der Waals surface area contributed by atoms with Crippen LogP contribution in [-0.4, -0.2) is 56.1 Å². The summed E-state index contributed by atoms with van der Waals surface area (Å²) in [7, 11) is 0. The molecule has 1 aliphatic rings. The molecule has 1 aromatic carbocycles. The summed E-state index contributed by atoms with van der Waals surface area (Å²) in [4.78, 5) is 25.7. The first-order chi connectivity index (χ1) is 10.7. The lowest BCUT2D eigenvalue weighted by Gasteiger charge is -2.26. The van der Waals surface area contributed by atoms with E-state index in [1.807, 2.05) is 0 Å². The molecule has 0 saturated carbocycles. The third-order valence-corrected chi connectivity index (χ3v) is 3.29. The van der Waals surface area contributed by atoms with Crippen LogP contribution in [0.15, 0.2) is 36.9 Å². The van der Waals surface area contributed by atoms with E-state index in [0.717, 1.165) is 0 Å². The second-order valence-electron chi connectivity index (χ2n) is 4.95. The predicted octanol–water partition coefficient (Wildman–Crippen LogP) is 0.873. The van der Waals surface area contributed by atoms with E-state index in [1.165, 1.54) is 0 Å². The Labute approximate surface area is 130 Å². The third kappa shape index (κ3) is 4.68. The summed E-state index contributed by atoms with van der Waals surface area (Å²) in [6.07, 6.45) is 1.69. The Hall–Kier alpha value is -2.18. The predicted molar refractivity (Wildman–Crippen MR) is 84.9 cm³/mol. The number of ether oxygens (including phenoxy) is 1. The zero-order chi connectivity index (χ0) is 15.8. The Kier molecular flexibility index (Phi) is 6.12. The number of anilines is 1.